The number of esters is 1. The van der Waals surface area contributed by atoms with Crippen molar-refractivity contribution in [2.75, 3.05) is 32.2 Å². The average Bonchev–Trinajstić information content (AvgIpc) is 3.44. The Morgan fingerprint density at radius 1 is 0.886 bits per heavy atom. The van der Waals surface area contributed by atoms with E-state index < -0.39 is 0 Å². The lowest BCUT2D eigenvalue weighted by Gasteiger charge is -2.47. The van der Waals surface area contributed by atoms with E-state index >= 15 is 0 Å². The second-order valence-electron chi connectivity index (χ2n) is 9.62. The molecule has 3 aromatic rings. The SMILES string of the molecule is COC(=O)c1ccc(-c2nnc(-c3ccc(N4CCC(OC)(C5CCCCC5)CC4)cc3)s2)cc1. The van der Waals surface area contributed by atoms with E-state index in [2.05, 4.69) is 39.4 Å². The Labute approximate surface area is 211 Å². The fourth-order valence-corrected chi connectivity index (χ4v) is 6.54. The molecule has 0 atom stereocenters. The number of benzene rings is 2. The minimum Gasteiger partial charge on any atom is -0.465 e. The van der Waals surface area contributed by atoms with Crippen molar-refractivity contribution in [2.24, 2.45) is 5.92 Å². The van der Waals surface area contributed by atoms with Crippen LogP contribution < -0.4 is 4.90 Å². The molecule has 0 amide bonds. The van der Waals surface area contributed by atoms with E-state index in [4.69, 9.17) is 9.47 Å². The second kappa shape index (κ2) is 10.5. The zero-order chi connectivity index (χ0) is 24.3. The Kier molecular flexibility index (Phi) is 7.16. The zero-order valence-electron chi connectivity index (χ0n) is 20.5. The van der Waals surface area contributed by atoms with Crippen LogP contribution in [0, 0.1) is 5.92 Å². The fourth-order valence-electron chi connectivity index (χ4n) is 5.69. The molecule has 0 N–H and O–H groups in total. The van der Waals surface area contributed by atoms with Gasteiger partial charge in [-0.25, -0.2) is 4.79 Å². The fraction of sp³-hybridized carbons (Fsp3) is 0.464. The summed E-state index contributed by atoms with van der Waals surface area (Å²) >= 11 is 1.55. The van der Waals surface area contributed by atoms with Crippen LogP contribution in [0.4, 0.5) is 5.69 Å². The van der Waals surface area contributed by atoms with Crippen LogP contribution in [0.1, 0.15) is 55.3 Å². The monoisotopic (exact) mass is 491 g/mol. The first-order valence-electron chi connectivity index (χ1n) is 12.5. The van der Waals surface area contributed by atoms with Crippen LogP contribution >= 0.6 is 11.3 Å². The molecule has 1 aliphatic heterocycles. The Bertz CT molecular complexity index is 1130. The molecule has 5 rings (SSSR count). The number of ether oxygens (including phenoxy) is 2. The smallest absolute Gasteiger partial charge is 0.337 e. The van der Waals surface area contributed by atoms with Gasteiger partial charge in [0.05, 0.1) is 18.3 Å². The van der Waals surface area contributed by atoms with Gasteiger partial charge in [-0.3, -0.25) is 0 Å². The quantitative estimate of drug-likeness (QED) is 0.381. The molecule has 1 aromatic heterocycles. The van der Waals surface area contributed by atoms with E-state index in [1.165, 1.54) is 44.9 Å². The number of carbonyl (C=O) groups is 1. The van der Waals surface area contributed by atoms with Crippen LogP contribution in [0.2, 0.25) is 0 Å². The summed E-state index contributed by atoms with van der Waals surface area (Å²) in [7, 11) is 3.30. The number of piperidine rings is 1. The molecule has 1 saturated heterocycles. The van der Waals surface area contributed by atoms with Crippen LogP contribution in [0.15, 0.2) is 48.5 Å². The maximum Gasteiger partial charge on any atom is 0.337 e. The van der Waals surface area contributed by atoms with Gasteiger partial charge in [-0.1, -0.05) is 42.7 Å². The lowest BCUT2D eigenvalue weighted by atomic mass is 9.72. The van der Waals surface area contributed by atoms with Crippen molar-refractivity contribution < 1.29 is 14.3 Å². The summed E-state index contributed by atoms with van der Waals surface area (Å²) in [6.07, 6.45) is 8.94. The molecular formula is C28H33N3O3S. The van der Waals surface area contributed by atoms with Gasteiger partial charge in [0.15, 0.2) is 0 Å². The van der Waals surface area contributed by atoms with Crippen molar-refractivity contribution in [3.05, 3.63) is 54.1 Å². The highest BCUT2D eigenvalue weighted by Gasteiger charge is 2.41. The van der Waals surface area contributed by atoms with Gasteiger partial charge in [0, 0.05) is 37.0 Å². The number of rotatable bonds is 6. The molecule has 1 aliphatic carbocycles. The summed E-state index contributed by atoms with van der Waals surface area (Å²) in [5.74, 6) is 0.374. The van der Waals surface area contributed by atoms with Gasteiger partial charge in [-0.05, 0) is 68.0 Å². The molecule has 2 fully saturated rings. The Balaban J connectivity index is 1.24. The second-order valence-corrected chi connectivity index (χ2v) is 10.6. The summed E-state index contributed by atoms with van der Waals surface area (Å²) < 4.78 is 10.9. The third-order valence-corrected chi connectivity index (χ3v) is 8.84. The van der Waals surface area contributed by atoms with Gasteiger partial charge in [-0.15, -0.1) is 10.2 Å². The molecular weight excluding hydrogens is 458 g/mol. The first-order chi connectivity index (χ1) is 17.1. The molecule has 2 aliphatic rings. The van der Waals surface area contributed by atoms with E-state index in [0.717, 1.165) is 47.1 Å². The standard InChI is InChI=1S/C28H33N3O3S/c1-33-27(32)22-10-8-20(9-11-22)25-29-30-26(35-25)21-12-14-24(15-13-21)31-18-16-28(34-2,17-19-31)23-6-4-3-5-7-23/h8-15,23H,3-7,16-19H2,1-2H3. The normalized spacial score (nSPS) is 18.4. The molecule has 7 heteroatoms. The van der Waals surface area contributed by atoms with Crippen molar-refractivity contribution >= 4 is 23.0 Å². The minimum atomic E-state index is -0.342. The molecule has 0 radical (unpaired) electrons. The van der Waals surface area contributed by atoms with E-state index in [-0.39, 0.29) is 11.6 Å². The van der Waals surface area contributed by atoms with Crippen molar-refractivity contribution in [1.29, 1.82) is 0 Å². The molecule has 1 saturated carbocycles. The predicted octanol–water partition coefficient (Wildman–Crippen LogP) is 6.22. The predicted molar refractivity (Wildman–Crippen MR) is 140 cm³/mol. The lowest BCUT2D eigenvalue weighted by Crippen LogP contribution is -2.50. The van der Waals surface area contributed by atoms with Crippen LogP contribution in [0.25, 0.3) is 21.1 Å². The van der Waals surface area contributed by atoms with E-state index in [1.54, 1.807) is 23.5 Å². The number of carbonyl (C=O) groups excluding carboxylic acids is 1. The van der Waals surface area contributed by atoms with E-state index in [9.17, 15) is 4.79 Å². The first kappa shape index (κ1) is 23.9. The van der Waals surface area contributed by atoms with Gasteiger partial charge in [0.1, 0.15) is 10.0 Å². The molecule has 2 aromatic carbocycles. The molecule has 0 unspecified atom stereocenters. The maximum atomic E-state index is 11.7. The van der Waals surface area contributed by atoms with E-state index in [1.807, 2.05) is 19.2 Å². The molecule has 0 spiro atoms. The van der Waals surface area contributed by atoms with Gasteiger partial charge in [0.2, 0.25) is 0 Å². The average molecular weight is 492 g/mol. The van der Waals surface area contributed by atoms with Crippen LogP contribution in [-0.2, 0) is 9.47 Å². The van der Waals surface area contributed by atoms with Crippen molar-refractivity contribution in [1.82, 2.24) is 10.2 Å². The van der Waals surface area contributed by atoms with Crippen molar-refractivity contribution in [3.63, 3.8) is 0 Å². The number of hydrogen-bond donors (Lipinski definition) is 0. The van der Waals surface area contributed by atoms with Crippen LogP contribution in [0.5, 0.6) is 0 Å². The minimum absolute atomic E-state index is 0.0644. The van der Waals surface area contributed by atoms with Gasteiger partial charge >= 0.3 is 5.97 Å². The third kappa shape index (κ3) is 4.98. The number of nitrogens with zero attached hydrogens (tertiary/aromatic N) is 3. The molecule has 0 bridgehead atoms. The van der Waals surface area contributed by atoms with Crippen LogP contribution in [-0.4, -0.2) is 49.1 Å². The highest BCUT2D eigenvalue weighted by molar-refractivity contribution is 7.17. The Morgan fingerprint density at radius 2 is 1.46 bits per heavy atom. The summed E-state index contributed by atoms with van der Waals surface area (Å²) in [5, 5.41) is 10.5. The maximum absolute atomic E-state index is 11.7. The van der Waals surface area contributed by atoms with Crippen molar-refractivity contribution in [2.45, 2.75) is 50.5 Å². The summed E-state index contributed by atoms with van der Waals surface area (Å²) in [6, 6.07) is 15.9. The molecule has 6 nitrogen and oxygen atoms in total. The highest BCUT2D eigenvalue weighted by atomic mass is 32.1. The summed E-state index contributed by atoms with van der Waals surface area (Å²) in [6.45, 7) is 2.07. The first-order valence-corrected chi connectivity index (χ1v) is 13.4. The lowest BCUT2D eigenvalue weighted by molar-refractivity contribution is -0.0856. The van der Waals surface area contributed by atoms with Gasteiger partial charge in [0.25, 0.3) is 0 Å². The van der Waals surface area contributed by atoms with Gasteiger partial charge in [-0.2, -0.15) is 0 Å². The number of hydrogen-bond acceptors (Lipinski definition) is 7. The number of aromatic nitrogens is 2. The Hall–Kier alpha value is -2.77. The number of anilines is 1. The van der Waals surface area contributed by atoms with E-state index in [0.29, 0.717) is 11.5 Å². The largest absolute Gasteiger partial charge is 0.465 e. The van der Waals surface area contributed by atoms with Crippen LogP contribution in [0.3, 0.4) is 0 Å². The Morgan fingerprint density at radius 3 is 2.00 bits per heavy atom. The molecule has 35 heavy (non-hydrogen) atoms. The summed E-state index contributed by atoms with van der Waals surface area (Å²) in [5.41, 5.74) is 3.84. The zero-order valence-corrected chi connectivity index (χ0v) is 21.4. The topological polar surface area (TPSA) is 64.5 Å². The molecule has 184 valence electrons. The third-order valence-electron chi connectivity index (χ3n) is 7.82. The van der Waals surface area contributed by atoms with Gasteiger partial charge < -0.3 is 14.4 Å². The summed E-state index contributed by atoms with van der Waals surface area (Å²) in [4.78, 5) is 14.1. The molecule has 2 heterocycles. The highest BCUT2D eigenvalue weighted by Crippen LogP contribution is 2.42. The van der Waals surface area contributed by atoms with Crippen molar-refractivity contribution in [3.8, 4) is 21.1 Å². The number of methoxy groups -OCH3 is 2.